The maximum atomic E-state index is 12.8. The molecule has 2 aromatic carbocycles. The molecule has 2 aromatic rings. The number of hydrogen-bond acceptors (Lipinski definition) is 3. The Morgan fingerprint density at radius 1 is 1.04 bits per heavy atom. The molecule has 0 radical (unpaired) electrons. The molecule has 128 valence electrons. The Morgan fingerprint density at radius 3 is 2.54 bits per heavy atom. The molecule has 0 spiro atoms. The molecule has 0 saturated carbocycles. The first-order valence-electron chi connectivity index (χ1n) is 8.09. The van der Waals surface area contributed by atoms with E-state index >= 15 is 0 Å². The quantitative estimate of drug-likeness (QED) is 0.692. The van der Waals surface area contributed by atoms with E-state index in [9.17, 15) is 9.18 Å². The van der Waals surface area contributed by atoms with Gasteiger partial charge in [0, 0.05) is 0 Å². The van der Waals surface area contributed by atoms with Gasteiger partial charge in [0.25, 0.3) is 0 Å². The molecule has 4 nitrogen and oxygen atoms in total. The lowest BCUT2D eigenvalue weighted by Crippen LogP contribution is -2.16. The van der Waals surface area contributed by atoms with Crippen LogP contribution in [0.2, 0.25) is 0 Å². The van der Waals surface area contributed by atoms with Crippen LogP contribution in [0.4, 0.5) is 10.1 Å². The third-order valence-corrected chi connectivity index (χ3v) is 3.33. The number of anilines is 1. The molecule has 1 amide bonds. The highest BCUT2D eigenvalue weighted by Crippen LogP contribution is 2.24. The summed E-state index contributed by atoms with van der Waals surface area (Å²) in [6.45, 7) is 2.94. The molecule has 2 rings (SSSR count). The third kappa shape index (κ3) is 5.91. The van der Waals surface area contributed by atoms with Crippen molar-refractivity contribution in [3.8, 4) is 11.5 Å². The minimum absolute atomic E-state index is 0.163. The van der Waals surface area contributed by atoms with Crippen LogP contribution in [-0.4, -0.2) is 19.1 Å². The zero-order valence-electron chi connectivity index (χ0n) is 13.8. The van der Waals surface area contributed by atoms with Gasteiger partial charge in [0.15, 0.2) is 0 Å². The predicted molar refractivity (Wildman–Crippen MR) is 92.0 cm³/mol. The molecule has 0 unspecified atom stereocenters. The fourth-order valence-corrected chi connectivity index (χ4v) is 2.03. The van der Waals surface area contributed by atoms with Crippen LogP contribution in [0.25, 0.3) is 0 Å². The van der Waals surface area contributed by atoms with Gasteiger partial charge < -0.3 is 14.8 Å². The summed E-state index contributed by atoms with van der Waals surface area (Å²) in [4.78, 5) is 12.0. The summed E-state index contributed by atoms with van der Waals surface area (Å²) >= 11 is 0. The molecule has 0 aromatic heterocycles. The number of nitrogens with one attached hydrogen (secondary N) is 1. The Morgan fingerprint density at radius 2 is 1.79 bits per heavy atom. The van der Waals surface area contributed by atoms with Gasteiger partial charge in [0.1, 0.15) is 17.3 Å². The van der Waals surface area contributed by atoms with Gasteiger partial charge >= 0.3 is 0 Å². The molecule has 0 fully saturated rings. The summed E-state index contributed by atoms with van der Waals surface area (Å²) in [6, 6.07) is 13.1. The van der Waals surface area contributed by atoms with E-state index in [1.807, 2.05) is 18.2 Å². The molecule has 0 atom stereocenters. The summed E-state index contributed by atoms with van der Waals surface area (Å²) in [7, 11) is 0. The molecule has 0 heterocycles. The summed E-state index contributed by atoms with van der Waals surface area (Å²) < 4.78 is 23.9. The molecular formula is C19H22FNO3. The number of ether oxygens (including phenoxy) is 2. The fraction of sp³-hybridized carbons (Fsp3) is 0.316. The number of benzene rings is 2. The zero-order valence-corrected chi connectivity index (χ0v) is 13.8. The fourth-order valence-electron chi connectivity index (χ4n) is 2.03. The van der Waals surface area contributed by atoms with E-state index in [1.54, 1.807) is 6.07 Å². The van der Waals surface area contributed by atoms with Crippen LogP contribution in [0.3, 0.4) is 0 Å². The van der Waals surface area contributed by atoms with E-state index in [2.05, 4.69) is 12.2 Å². The zero-order chi connectivity index (χ0) is 17.2. The van der Waals surface area contributed by atoms with Gasteiger partial charge in [0.05, 0.1) is 25.3 Å². The lowest BCUT2D eigenvalue weighted by molar-refractivity contribution is -0.116. The number of carbonyl (C=O) groups excluding carboxylic acids is 1. The number of hydrogen-bond donors (Lipinski definition) is 1. The lowest BCUT2D eigenvalue weighted by atomic mass is 10.2. The number of carbonyl (C=O) groups is 1. The number of rotatable bonds is 9. The van der Waals surface area contributed by atoms with Crippen LogP contribution in [-0.2, 0) is 4.79 Å². The van der Waals surface area contributed by atoms with Crippen molar-refractivity contribution in [2.75, 3.05) is 18.5 Å². The van der Waals surface area contributed by atoms with Crippen LogP contribution in [0.5, 0.6) is 11.5 Å². The molecule has 0 saturated heterocycles. The number of halogens is 1. The van der Waals surface area contributed by atoms with Gasteiger partial charge in [-0.25, -0.2) is 4.39 Å². The third-order valence-electron chi connectivity index (χ3n) is 3.33. The first-order chi connectivity index (χ1) is 11.7. The van der Waals surface area contributed by atoms with E-state index < -0.39 is 0 Å². The number of unbranched alkanes of at least 4 members (excludes halogenated alkanes) is 1. The minimum atomic E-state index is -0.320. The van der Waals surface area contributed by atoms with E-state index in [0.717, 1.165) is 12.8 Å². The summed E-state index contributed by atoms with van der Waals surface area (Å²) in [5.41, 5.74) is 0.653. The van der Waals surface area contributed by atoms with Crippen molar-refractivity contribution in [3.63, 3.8) is 0 Å². The highest BCUT2D eigenvalue weighted by Gasteiger charge is 2.08. The van der Waals surface area contributed by atoms with Gasteiger partial charge in [0.2, 0.25) is 5.91 Å². The van der Waals surface area contributed by atoms with Crippen molar-refractivity contribution in [3.05, 3.63) is 54.3 Å². The molecule has 0 aliphatic rings. The van der Waals surface area contributed by atoms with Crippen LogP contribution >= 0.6 is 0 Å². The maximum Gasteiger partial charge on any atom is 0.227 e. The topological polar surface area (TPSA) is 47.6 Å². The SMILES string of the molecule is CCCCOc1ccccc1NC(=O)CCOc1ccc(F)cc1. The standard InChI is InChI=1S/C19H22FNO3/c1-2-3-13-24-18-7-5-4-6-17(18)21-19(22)12-14-23-16-10-8-15(20)9-11-16/h4-11H,2-3,12-14H2,1H3,(H,21,22). The largest absolute Gasteiger partial charge is 0.493 e. The van der Waals surface area contributed by atoms with Gasteiger partial charge in [-0.2, -0.15) is 0 Å². The van der Waals surface area contributed by atoms with Gasteiger partial charge in [-0.05, 0) is 42.8 Å². The lowest BCUT2D eigenvalue weighted by Gasteiger charge is -2.12. The highest BCUT2D eigenvalue weighted by molar-refractivity contribution is 5.92. The van der Waals surface area contributed by atoms with Crippen molar-refractivity contribution < 1.29 is 18.7 Å². The number of para-hydroxylation sites is 2. The van der Waals surface area contributed by atoms with E-state index in [1.165, 1.54) is 24.3 Å². The first-order valence-corrected chi connectivity index (χ1v) is 8.09. The van der Waals surface area contributed by atoms with Crippen LogP contribution in [0, 0.1) is 5.82 Å². The Kier molecular flexibility index (Phi) is 7.08. The van der Waals surface area contributed by atoms with E-state index in [4.69, 9.17) is 9.47 Å². The summed E-state index contributed by atoms with van der Waals surface area (Å²) in [5.74, 6) is 0.717. The molecule has 24 heavy (non-hydrogen) atoms. The molecular weight excluding hydrogens is 309 g/mol. The maximum absolute atomic E-state index is 12.8. The van der Waals surface area contributed by atoms with E-state index in [-0.39, 0.29) is 24.8 Å². The molecule has 0 aliphatic heterocycles. The second kappa shape index (κ2) is 9.55. The Bertz CT molecular complexity index is 643. The van der Waals surface area contributed by atoms with Crippen molar-refractivity contribution in [1.82, 2.24) is 0 Å². The Labute approximate surface area is 141 Å². The average Bonchev–Trinajstić information content (AvgIpc) is 2.58. The molecule has 0 aliphatic carbocycles. The van der Waals surface area contributed by atoms with Crippen LogP contribution in [0.1, 0.15) is 26.2 Å². The smallest absolute Gasteiger partial charge is 0.227 e. The average molecular weight is 331 g/mol. The van der Waals surface area contributed by atoms with Crippen molar-refractivity contribution in [2.24, 2.45) is 0 Å². The van der Waals surface area contributed by atoms with Gasteiger partial charge in [-0.1, -0.05) is 25.5 Å². The van der Waals surface area contributed by atoms with Gasteiger partial charge in [-0.3, -0.25) is 4.79 Å². The highest BCUT2D eigenvalue weighted by atomic mass is 19.1. The molecule has 0 bridgehead atoms. The van der Waals surface area contributed by atoms with Crippen molar-refractivity contribution >= 4 is 11.6 Å². The number of amides is 1. The molecule has 5 heteroatoms. The Balaban J connectivity index is 1.80. The van der Waals surface area contributed by atoms with Crippen LogP contribution < -0.4 is 14.8 Å². The summed E-state index contributed by atoms with van der Waals surface area (Å²) in [6.07, 6.45) is 2.21. The monoisotopic (exact) mass is 331 g/mol. The Hall–Kier alpha value is -2.56. The normalized spacial score (nSPS) is 10.2. The minimum Gasteiger partial charge on any atom is -0.493 e. The van der Waals surface area contributed by atoms with Gasteiger partial charge in [-0.15, -0.1) is 0 Å². The summed E-state index contributed by atoms with van der Waals surface area (Å²) in [5, 5.41) is 2.83. The predicted octanol–water partition coefficient (Wildman–Crippen LogP) is 4.41. The first kappa shape index (κ1) is 17.8. The molecule has 1 N–H and O–H groups in total. The van der Waals surface area contributed by atoms with Crippen molar-refractivity contribution in [1.29, 1.82) is 0 Å². The van der Waals surface area contributed by atoms with Crippen molar-refractivity contribution in [2.45, 2.75) is 26.2 Å². The second-order valence-electron chi connectivity index (χ2n) is 5.30. The van der Waals surface area contributed by atoms with Crippen LogP contribution in [0.15, 0.2) is 48.5 Å². The second-order valence-corrected chi connectivity index (χ2v) is 5.30. The van der Waals surface area contributed by atoms with E-state index in [0.29, 0.717) is 23.8 Å².